The van der Waals surface area contributed by atoms with Gasteiger partial charge in [0, 0.05) is 32.2 Å². The molecule has 54 heavy (non-hydrogen) atoms. The number of imidazole rings is 2. The first kappa shape index (κ1) is 35.6. The Morgan fingerprint density at radius 3 is 1.96 bits per heavy atom. The number of aromatic nitrogens is 8. The second kappa shape index (κ2) is 14.0. The minimum absolute atomic E-state index is 0.209. The monoisotopic (exact) mass is 733 g/mol. The zero-order valence-corrected chi connectivity index (χ0v) is 30.7. The van der Waals surface area contributed by atoms with Crippen molar-refractivity contribution in [3.8, 4) is 11.5 Å². The van der Waals surface area contributed by atoms with Crippen molar-refractivity contribution in [1.29, 1.82) is 0 Å². The van der Waals surface area contributed by atoms with E-state index < -0.39 is 17.7 Å². The molecule has 7 rings (SSSR count). The summed E-state index contributed by atoms with van der Waals surface area (Å²) in [5.41, 5.74) is 11.2. The number of carbonyl (C=O) groups excluding carboxylic acids is 4. The van der Waals surface area contributed by atoms with Gasteiger partial charge < -0.3 is 24.3 Å². The van der Waals surface area contributed by atoms with Crippen LogP contribution in [0.25, 0.3) is 22.1 Å². The van der Waals surface area contributed by atoms with Gasteiger partial charge in [0.15, 0.2) is 17.3 Å². The van der Waals surface area contributed by atoms with Crippen LogP contribution in [0.4, 0.5) is 11.9 Å². The number of nitrogens with two attached hydrogens (primary N) is 1. The van der Waals surface area contributed by atoms with Gasteiger partial charge in [-0.3, -0.25) is 39.2 Å². The van der Waals surface area contributed by atoms with Gasteiger partial charge in [0.1, 0.15) is 30.1 Å². The first-order valence-corrected chi connectivity index (χ1v) is 17.3. The molecule has 0 radical (unpaired) electrons. The van der Waals surface area contributed by atoms with Crippen molar-refractivity contribution in [2.75, 3.05) is 23.8 Å². The highest BCUT2D eigenvalue weighted by Crippen LogP contribution is 2.42. The number of nitrogens with one attached hydrogen (secondary N) is 2. The summed E-state index contributed by atoms with van der Waals surface area (Å²) in [5.74, 6) is -0.469. The molecule has 4 N–H and O–H groups in total. The number of rotatable bonds is 11. The largest absolute Gasteiger partial charge is 0.485 e. The van der Waals surface area contributed by atoms with Crippen LogP contribution in [0, 0.1) is 20.8 Å². The average Bonchev–Trinajstić information content (AvgIpc) is 3.88. The average molecular weight is 734 g/mol. The zero-order valence-electron chi connectivity index (χ0n) is 30.7. The summed E-state index contributed by atoms with van der Waals surface area (Å²) in [6.07, 6.45) is 3.76. The lowest BCUT2D eigenvalue weighted by Crippen LogP contribution is -2.20. The summed E-state index contributed by atoms with van der Waals surface area (Å²) >= 11 is 0. The molecule has 0 saturated carbocycles. The van der Waals surface area contributed by atoms with E-state index in [1.54, 1.807) is 53.6 Å². The minimum atomic E-state index is -0.595. The van der Waals surface area contributed by atoms with E-state index in [-0.39, 0.29) is 44.0 Å². The fourth-order valence-electron chi connectivity index (χ4n) is 6.72. The molecule has 5 heterocycles. The number of allylic oxidation sites excluding steroid dienone is 2. The summed E-state index contributed by atoms with van der Waals surface area (Å²) in [5, 5.41) is 14.5. The number of Topliss-reactive ketones (excluding diaryl/α,β-unsaturated/α-hetero) is 1. The molecular weight excluding hydrogens is 694 g/mol. The van der Waals surface area contributed by atoms with Crippen LogP contribution in [0.5, 0.6) is 11.5 Å². The lowest BCUT2D eigenvalue weighted by molar-refractivity contribution is 0.0993. The Kier molecular flexibility index (Phi) is 9.22. The number of hydrogen-bond acceptors (Lipinski definition) is 10. The van der Waals surface area contributed by atoms with E-state index in [1.165, 1.54) is 11.6 Å². The van der Waals surface area contributed by atoms with E-state index in [0.717, 1.165) is 5.56 Å². The number of ketones is 1. The van der Waals surface area contributed by atoms with Gasteiger partial charge in [-0.05, 0) is 70.5 Å². The van der Waals surface area contributed by atoms with Crippen LogP contribution in [-0.2, 0) is 26.7 Å². The molecule has 1 aliphatic rings. The van der Waals surface area contributed by atoms with E-state index in [2.05, 4.69) is 25.8 Å². The van der Waals surface area contributed by atoms with Crippen LogP contribution in [0.15, 0.2) is 42.5 Å². The Hall–Kier alpha value is -6.78. The van der Waals surface area contributed by atoms with Gasteiger partial charge in [0.2, 0.25) is 17.8 Å². The molecule has 2 aromatic carbocycles. The van der Waals surface area contributed by atoms with Crippen LogP contribution in [-0.4, -0.2) is 75.4 Å². The van der Waals surface area contributed by atoms with E-state index >= 15 is 0 Å². The molecule has 17 heteroatoms. The molecule has 1 aliphatic heterocycles. The smallest absolute Gasteiger partial charge is 0.276 e. The molecule has 0 fully saturated rings. The maximum atomic E-state index is 13.6. The summed E-state index contributed by atoms with van der Waals surface area (Å²) < 4.78 is 18.7. The minimum Gasteiger partial charge on any atom is -0.485 e. The van der Waals surface area contributed by atoms with Crippen LogP contribution in [0.2, 0.25) is 0 Å². The first-order valence-electron chi connectivity index (χ1n) is 17.3. The first-order chi connectivity index (χ1) is 25.8. The SMILES string of the molecule is CCn1nc(C)cc1C(=O)Nc1nc2cc(C(C)=O)c3c(c2n1C/C=C/Cn1c(NC(=O)c2cc(C)nn2C)nc2cc(C(N)=O)cc(C)c21)OCCO3. The van der Waals surface area contributed by atoms with Crippen LogP contribution >= 0.6 is 0 Å². The van der Waals surface area contributed by atoms with Crippen LogP contribution in [0.1, 0.15) is 72.5 Å². The van der Waals surface area contributed by atoms with Gasteiger partial charge in [0.25, 0.3) is 11.8 Å². The molecule has 0 bridgehead atoms. The fourth-order valence-corrected chi connectivity index (χ4v) is 6.72. The summed E-state index contributed by atoms with van der Waals surface area (Å²) in [4.78, 5) is 61.2. The predicted octanol–water partition coefficient (Wildman–Crippen LogP) is 4.09. The molecule has 17 nitrogen and oxygen atoms in total. The topological polar surface area (TPSA) is 208 Å². The predicted molar refractivity (Wildman–Crippen MR) is 199 cm³/mol. The maximum Gasteiger partial charge on any atom is 0.276 e. The van der Waals surface area contributed by atoms with Crippen molar-refractivity contribution in [2.24, 2.45) is 12.8 Å². The molecule has 0 unspecified atom stereocenters. The summed E-state index contributed by atoms with van der Waals surface area (Å²) in [6.45, 7) is 10.3. The second-order valence-electron chi connectivity index (χ2n) is 13.0. The molecule has 6 aromatic rings. The molecule has 4 aromatic heterocycles. The summed E-state index contributed by atoms with van der Waals surface area (Å²) in [7, 11) is 1.68. The lowest BCUT2D eigenvalue weighted by atomic mass is 10.1. The summed E-state index contributed by atoms with van der Waals surface area (Å²) in [6, 6.07) is 8.29. The number of nitrogens with zero attached hydrogens (tertiary/aromatic N) is 8. The van der Waals surface area contributed by atoms with E-state index in [1.807, 2.05) is 37.5 Å². The molecule has 278 valence electrons. The van der Waals surface area contributed by atoms with Crippen LogP contribution in [0.3, 0.4) is 0 Å². The Morgan fingerprint density at radius 2 is 1.37 bits per heavy atom. The Labute approximate surface area is 308 Å². The molecule has 0 aliphatic carbocycles. The van der Waals surface area contributed by atoms with Gasteiger partial charge >= 0.3 is 0 Å². The number of hydrogen-bond donors (Lipinski definition) is 3. The van der Waals surface area contributed by atoms with Crippen molar-refractivity contribution < 1.29 is 28.7 Å². The van der Waals surface area contributed by atoms with Crippen molar-refractivity contribution >= 4 is 57.5 Å². The molecule has 3 amide bonds. The molecule has 0 spiro atoms. The fraction of sp³-hybridized carbons (Fsp3) is 0.297. The van der Waals surface area contributed by atoms with Crippen LogP contribution < -0.4 is 25.8 Å². The molecule has 0 saturated heterocycles. The van der Waals surface area contributed by atoms with Crippen molar-refractivity contribution in [2.45, 2.75) is 54.3 Å². The third-order valence-corrected chi connectivity index (χ3v) is 9.08. The van der Waals surface area contributed by atoms with E-state index in [4.69, 9.17) is 20.2 Å². The number of aryl methyl sites for hydroxylation is 5. The number of fused-ring (bicyclic) bond motifs is 4. The van der Waals surface area contributed by atoms with Crippen molar-refractivity contribution in [3.63, 3.8) is 0 Å². The van der Waals surface area contributed by atoms with Crippen molar-refractivity contribution in [1.82, 2.24) is 38.7 Å². The lowest BCUT2D eigenvalue weighted by Gasteiger charge is -2.22. The third-order valence-electron chi connectivity index (χ3n) is 9.08. The number of carbonyl (C=O) groups is 4. The number of benzene rings is 2. The van der Waals surface area contributed by atoms with Gasteiger partial charge in [-0.25, -0.2) is 9.97 Å². The molecule has 0 atom stereocenters. The Balaban J connectivity index is 1.27. The Morgan fingerprint density at radius 1 is 0.796 bits per heavy atom. The normalized spacial score (nSPS) is 12.6. The highest BCUT2D eigenvalue weighted by atomic mass is 16.6. The number of ether oxygens (including phenoxy) is 2. The van der Waals surface area contributed by atoms with E-state index in [9.17, 15) is 19.2 Å². The number of amides is 3. The number of anilines is 2. The number of primary amides is 1. The zero-order chi connectivity index (χ0) is 38.4. The van der Waals surface area contributed by atoms with Gasteiger partial charge in [-0.15, -0.1) is 0 Å². The second-order valence-corrected chi connectivity index (χ2v) is 13.0. The quantitative estimate of drug-likeness (QED) is 0.128. The van der Waals surface area contributed by atoms with Crippen molar-refractivity contribution in [3.05, 3.63) is 81.9 Å². The Bertz CT molecular complexity index is 2550. The standard InChI is InChI=1S/C37H39N11O6/c1-7-48-28(16-21(4)44-48)35(52)42-37-40-26-18-24(22(5)49)31-32(54-13-12-53-31)30(26)47(37)11-9-8-10-46-29-19(2)14-23(33(38)50)17-25(29)39-36(46)41-34(51)27-15-20(3)43-45(27)6/h8-9,14-18H,7,10-13H2,1-6H3,(H2,38,50)(H,39,41,51)(H,40,42,52)/b9-8+. The van der Waals surface area contributed by atoms with Gasteiger partial charge in [-0.1, -0.05) is 12.2 Å². The highest BCUT2D eigenvalue weighted by molar-refractivity contribution is 6.06. The third kappa shape index (κ3) is 6.44. The highest BCUT2D eigenvalue weighted by Gasteiger charge is 2.28. The van der Waals surface area contributed by atoms with Gasteiger partial charge in [-0.2, -0.15) is 10.2 Å². The maximum absolute atomic E-state index is 13.6. The van der Waals surface area contributed by atoms with Gasteiger partial charge in [0.05, 0.1) is 33.5 Å². The molecular formula is C37H39N11O6. The van der Waals surface area contributed by atoms with E-state index in [0.29, 0.717) is 74.0 Å².